The number of sulfone groups is 1. The number of nitrogens with one attached hydrogen (secondary N) is 2. The summed E-state index contributed by atoms with van der Waals surface area (Å²) in [7, 11) is -3.78. The molecule has 0 spiro atoms. The molecule has 0 radical (unpaired) electrons. The first-order valence-corrected chi connectivity index (χ1v) is 21.3. The van der Waals surface area contributed by atoms with E-state index in [1.54, 1.807) is 36.4 Å². The first-order valence-electron chi connectivity index (χ1n) is 19.9. The molecule has 2 N–H and O–H groups in total. The smallest absolute Gasteiger partial charge is 0.265 e. The molecule has 1 unspecified atom stereocenters. The Hall–Kier alpha value is -5.42. The van der Waals surface area contributed by atoms with Crippen molar-refractivity contribution in [3.05, 3.63) is 132 Å². The zero-order valence-electron chi connectivity index (χ0n) is 32.5. The highest BCUT2D eigenvalue weighted by Crippen LogP contribution is 2.27. The molecule has 2 heterocycles. The van der Waals surface area contributed by atoms with Crippen LogP contribution in [-0.2, 0) is 34.1 Å². The van der Waals surface area contributed by atoms with Gasteiger partial charge in [0.15, 0.2) is 17.6 Å². The summed E-state index contributed by atoms with van der Waals surface area (Å²) in [5, 5.41) is 15.0. The standard InChI is InChI=1S/C45H53N5O5S/c1-3-4-5-6-7-8-9-13-18-42(45(51)46-37-22-20-35(21-23-37)17-14-19-43-47-48-44-32-34(2)49-50(43)44)55-39-26-30-41(31-27-39)56(52,53)40-28-24-38(25-29-40)54-33-36-15-11-10-12-16-36/h10-12,15-16,20-32,42,48H,3-9,13-14,17-19,33H2,1-2H3,(H,46,51). The molecule has 0 saturated carbocycles. The van der Waals surface area contributed by atoms with Gasteiger partial charge < -0.3 is 14.8 Å². The van der Waals surface area contributed by atoms with Gasteiger partial charge in [-0.05, 0) is 104 Å². The van der Waals surface area contributed by atoms with E-state index >= 15 is 0 Å². The highest BCUT2D eigenvalue weighted by Gasteiger charge is 2.22. The summed E-state index contributed by atoms with van der Waals surface area (Å²) in [6, 6.07) is 32.4. The number of aromatic nitrogens is 4. The van der Waals surface area contributed by atoms with Gasteiger partial charge in [-0.1, -0.05) is 94.3 Å². The highest BCUT2D eigenvalue weighted by molar-refractivity contribution is 7.91. The summed E-state index contributed by atoms with van der Waals surface area (Å²) in [6.07, 6.45) is 11.6. The van der Waals surface area contributed by atoms with Crippen LogP contribution >= 0.6 is 0 Å². The van der Waals surface area contributed by atoms with Gasteiger partial charge in [0.2, 0.25) is 9.84 Å². The van der Waals surface area contributed by atoms with E-state index in [0.717, 1.165) is 61.3 Å². The lowest BCUT2D eigenvalue weighted by Crippen LogP contribution is -2.33. The Balaban J connectivity index is 1.04. The summed E-state index contributed by atoms with van der Waals surface area (Å²) in [5.41, 5.74) is 4.74. The summed E-state index contributed by atoms with van der Waals surface area (Å²) in [4.78, 5) is 14.0. The number of aromatic amines is 1. The number of H-pyrrole nitrogens is 1. The topological polar surface area (TPSA) is 128 Å². The maximum atomic E-state index is 13.7. The van der Waals surface area contributed by atoms with E-state index in [1.807, 2.05) is 72.1 Å². The van der Waals surface area contributed by atoms with Gasteiger partial charge in [0, 0.05) is 18.2 Å². The Morgan fingerprint density at radius 2 is 1.39 bits per heavy atom. The van der Waals surface area contributed by atoms with E-state index in [2.05, 4.69) is 27.5 Å². The van der Waals surface area contributed by atoms with Gasteiger partial charge in [0.05, 0.1) is 15.5 Å². The highest BCUT2D eigenvalue weighted by atomic mass is 32.2. The van der Waals surface area contributed by atoms with E-state index in [0.29, 0.717) is 30.2 Å². The number of fused-ring (bicyclic) bond motifs is 1. The largest absolute Gasteiger partial charge is 0.489 e. The number of hydrogen-bond donors (Lipinski definition) is 2. The second-order valence-electron chi connectivity index (χ2n) is 14.4. The number of benzene rings is 4. The summed E-state index contributed by atoms with van der Waals surface area (Å²) < 4.78 is 40.9. The normalized spacial score (nSPS) is 12.1. The fraction of sp³-hybridized carbons (Fsp3) is 0.356. The molecule has 4 aromatic carbocycles. The van der Waals surface area contributed by atoms with E-state index in [1.165, 1.54) is 49.8 Å². The number of hydrogen-bond acceptors (Lipinski definition) is 7. The molecule has 2 aromatic heterocycles. The Bertz CT molecular complexity index is 2220. The monoisotopic (exact) mass is 775 g/mol. The predicted molar refractivity (Wildman–Crippen MR) is 220 cm³/mol. The van der Waals surface area contributed by atoms with Gasteiger partial charge >= 0.3 is 0 Å². The average molecular weight is 776 g/mol. The van der Waals surface area contributed by atoms with Gasteiger partial charge in [0.25, 0.3) is 5.91 Å². The second kappa shape index (κ2) is 20.0. The van der Waals surface area contributed by atoms with Crippen LogP contribution in [0.3, 0.4) is 0 Å². The SMILES string of the molecule is CCCCCCCCCCC(Oc1ccc(S(=O)(=O)c2ccc(OCc3ccccc3)cc2)cc1)C(=O)Nc1ccc(CCCc2n[nH]c3cc(C)nn23)cc1. The molecule has 294 valence electrons. The molecule has 0 saturated heterocycles. The molecule has 11 heteroatoms. The van der Waals surface area contributed by atoms with Crippen molar-refractivity contribution in [2.24, 2.45) is 0 Å². The van der Waals surface area contributed by atoms with Gasteiger partial charge in [-0.3, -0.25) is 9.89 Å². The number of rotatable bonds is 22. The molecule has 1 atom stereocenters. The lowest BCUT2D eigenvalue weighted by atomic mass is 10.0. The minimum absolute atomic E-state index is 0.140. The van der Waals surface area contributed by atoms with Gasteiger partial charge in [0.1, 0.15) is 18.1 Å². The quantitative estimate of drug-likeness (QED) is 0.0658. The first kappa shape index (κ1) is 40.2. The number of ether oxygens (including phenoxy) is 2. The van der Waals surface area contributed by atoms with Crippen LogP contribution < -0.4 is 14.8 Å². The Kier molecular flexibility index (Phi) is 14.3. The minimum atomic E-state index is -3.78. The first-order chi connectivity index (χ1) is 27.3. The third-order valence-electron chi connectivity index (χ3n) is 9.87. The Morgan fingerprint density at radius 1 is 0.750 bits per heavy atom. The summed E-state index contributed by atoms with van der Waals surface area (Å²) >= 11 is 0. The minimum Gasteiger partial charge on any atom is -0.489 e. The lowest BCUT2D eigenvalue weighted by molar-refractivity contribution is -0.123. The van der Waals surface area contributed by atoms with Crippen molar-refractivity contribution in [2.75, 3.05) is 5.32 Å². The van der Waals surface area contributed by atoms with Crippen LogP contribution in [0.1, 0.15) is 93.8 Å². The van der Waals surface area contributed by atoms with Crippen molar-refractivity contribution in [3.63, 3.8) is 0 Å². The predicted octanol–water partition coefficient (Wildman–Crippen LogP) is 9.87. The van der Waals surface area contributed by atoms with E-state index in [4.69, 9.17) is 9.47 Å². The molecular weight excluding hydrogens is 723 g/mol. The third kappa shape index (κ3) is 11.3. The third-order valence-corrected chi connectivity index (χ3v) is 11.7. The fourth-order valence-corrected chi connectivity index (χ4v) is 7.96. The molecule has 6 rings (SSSR count). The van der Waals surface area contributed by atoms with E-state index in [9.17, 15) is 13.2 Å². The van der Waals surface area contributed by atoms with Gasteiger partial charge in [-0.25, -0.2) is 8.42 Å². The Morgan fingerprint density at radius 3 is 2.07 bits per heavy atom. The van der Waals surface area contributed by atoms with Crippen molar-refractivity contribution >= 4 is 27.1 Å². The van der Waals surface area contributed by atoms with Gasteiger partial charge in [-0.2, -0.15) is 14.7 Å². The van der Waals surface area contributed by atoms with Crippen LogP contribution in [0.15, 0.2) is 119 Å². The van der Waals surface area contributed by atoms with Crippen LogP contribution in [-0.4, -0.2) is 40.2 Å². The molecular formula is C45H53N5O5S. The summed E-state index contributed by atoms with van der Waals surface area (Å²) in [6.45, 7) is 4.58. The molecule has 0 aliphatic heterocycles. The molecule has 10 nitrogen and oxygen atoms in total. The van der Waals surface area contributed by atoms with Crippen molar-refractivity contribution in [2.45, 2.75) is 113 Å². The van der Waals surface area contributed by atoms with Crippen LogP contribution in [0.4, 0.5) is 5.69 Å². The number of amides is 1. The lowest BCUT2D eigenvalue weighted by Gasteiger charge is -2.19. The Labute approximate surface area is 330 Å². The zero-order chi connectivity index (χ0) is 39.2. The number of carbonyl (C=O) groups is 1. The molecule has 0 fully saturated rings. The fourth-order valence-electron chi connectivity index (χ4n) is 6.70. The van der Waals surface area contributed by atoms with Crippen LogP contribution in [0, 0.1) is 6.92 Å². The molecule has 1 amide bonds. The van der Waals surface area contributed by atoms with Crippen LogP contribution in [0.25, 0.3) is 5.65 Å². The molecule has 0 aliphatic carbocycles. The maximum Gasteiger partial charge on any atom is 0.265 e. The van der Waals surface area contributed by atoms with E-state index in [-0.39, 0.29) is 15.7 Å². The molecule has 0 aliphatic rings. The van der Waals surface area contributed by atoms with Crippen molar-refractivity contribution < 1.29 is 22.7 Å². The maximum absolute atomic E-state index is 13.7. The van der Waals surface area contributed by atoms with E-state index < -0.39 is 15.9 Å². The number of unbranched alkanes of at least 4 members (excludes halogenated alkanes) is 7. The van der Waals surface area contributed by atoms with Crippen LogP contribution in [0.2, 0.25) is 0 Å². The molecule has 0 bridgehead atoms. The number of anilines is 1. The van der Waals surface area contributed by atoms with Crippen molar-refractivity contribution in [1.29, 1.82) is 0 Å². The zero-order valence-corrected chi connectivity index (χ0v) is 33.3. The number of carbonyl (C=O) groups excluding carboxylic acids is 1. The van der Waals surface area contributed by atoms with Crippen molar-refractivity contribution in [1.82, 2.24) is 19.8 Å². The second-order valence-corrected chi connectivity index (χ2v) is 16.3. The average Bonchev–Trinajstić information content (AvgIpc) is 3.78. The van der Waals surface area contributed by atoms with Crippen molar-refractivity contribution in [3.8, 4) is 11.5 Å². The van der Waals surface area contributed by atoms with Crippen LogP contribution in [0.5, 0.6) is 11.5 Å². The number of nitrogens with zero attached hydrogens (tertiary/aromatic N) is 3. The molecule has 6 aromatic rings. The number of aryl methyl sites for hydroxylation is 3. The summed E-state index contributed by atoms with van der Waals surface area (Å²) in [5.74, 6) is 1.69. The van der Waals surface area contributed by atoms with Gasteiger partial charge in [-0.15, -0.1) is 0 Å². The molecule has 56 heavy (non-hydrogen) atoms.